The number of carbonyl (C=O) groups is 2. The summed E-state index contributed by atoms with van der Waals surface area (Å²) in [6, 6.07) is 12.1. The van der Waals surface area contributed by atoms with Gasteiger partial charge in [-0.05, 0) is 36.4 Å². The van der Waals surface area contributed by atoms with Crippen LogP contribution in [0.4, 0.5) is 5.69 Å². The fraction of sp³-hybridized carbons (Fsp3) is 0.227. The van der Waals surface area contributed by atoms with Crippen molar-refractivity contribution in [3.8, 4) is 22.8 Å². The third-order valence-corrected chi connectivity index (χ3v) is 4.64. The fourth-order valence-corrected chi connectivity index (χ4v) is 3.22. The summed E-state index contributed by atoms with van der Waals surface area (Å²) in [7, 11) is 3.06. The number of nitrogens with one attached hydrogen (secondary N) is 1. The number of hydrogen-bond acceptors (Lipinski definition) is 6. The van der Waals surface area contributed by atoms with Gasteiger partial charge in [-0.15, -0.1) is 0 Å². The van der Waals surface area contributed by atoms with Crippen LogP contribution in [-0.2, 0) is 11.8 Å². The monoisotopic (exact) mass is 407 g/mol. The van der Waals surface area contributed by atoms with Gasteiger partial charge in [0.25, 0.3) is 5.91 Å². The number of rotatable bonds is 4. The van der Waals surface area contributed by atoms with Crippen molar-refractivity contribution in [3.63, 3.8) is 0 Å². The molecular formula is C22H21N3O5. The van der Waals surface area contributed by atoms with Crippen molar-refractivity contribution in [1.82, 2.24) is 9.78 Å². The molecule has 2 heterocycles. The Morgan fingerprint density at radius 2 is 1.90 bits per heavy atom. The predicted molar refractivity (Wildman–Crippen MR) is 110 cm³/mol. The van der Waals surface area contributed by atoms with Crippen molar-refractivity contribution >= 4 is 17.6 Å². The molecule has 0 saturated carbocycles. The zero-order valence-electron chi connectivity index (χ0n) is 16.7. The molecule has 0 atom stereocenters. The Balaban J connectivity index is 1.63. The molecule has 0 aliphatic carbocycles. The van der Waals surface area contributed by atoms with Crippen LogP contribution in [0.3, 0.4) is 0 Å². The molecule has 4 rings (SSSR count). The number of ether oxygens (including phenoxy) is 3. The highest BCUT2D eigenvalue weighted by molar-refractivity contribution is 6.08. The Kier molecular flexibility index (Phi) is 5.38. The number of methoxy groups -OCH3 is 1. The van der Waals surface area contributed by atoms with E-state index in [0.717, 1.165) is 12.0 Å². The standard InChI is InChI=1S/C22H21N3O5/c1-25-13-17(21(26)23-16-6-3-5-15(11-16)22(27)28-2)20(24-25)14-7-8-18-19(12-14)30-10-4-9-29-18/h3,5-8,11-13H,4,9-10H2,1-2H3,(H,23,26). The Morgan fingerprint density at radius 1 is 1.10 bits per heavy atom. The van der Waals surface area contributed by atoms with E-state index in [1.165, 1.54) is 7.11 Å². The summed E-state index contributed by atoms with van der Waals surface area (Å²) in [6.45, 7) is 1.18. The van der Waals surface area contributed by atoms with E-state index in [0.29, 0.717) is 47.2 Å². The van der Waals surface area contributed by atoms with Crippen molar-refractivity contribution in [2.75, 3.05) is 25.6 Å². The number of amides is 1. The average molecular weight is 407 g/mol. The molecule has 2 aromatic carbocycles. The van der Waals surface area contributed by atoms with E-state index in [1.54, 1.807) is 42.2 Å². The third-order valence-electron chi connectivity index (χ3n) is 4.64. The Hall–Kier alpha value is -3.81. The van der Waals surface area contributed by atoms with E-state index >= 15 is 0 Å². The number of aryl methyl sites for hydroxylation is 1. The molecular weight excluding hydrogens is 386 g/mol. The van der Waals surface area contributed by atoms with Gasteiger partial charge in [0.2, 0.25) is 0 Å². The summed E-state index contributed by atoms with van der Waals surface area (Å²) in [5.74, 6) is 0.498. The number of benzene rings is 2. The van der Waals surface area contributed by atoms with Gasteiger partial charge in [0.15, 0.2) is 11.5 Å². The van der Waals surface area contributed by atoms with E-state index in [1.807, 2.05) is 18.2 Å². The highest BCUT2D eigenvalue weighted by Gasteiger charge is 2.20. The zero-order chi connectivity index (χ0) is 21.1. The van der Waals surface area contributed by atoms with E-state index < -0.39 is 5.97 Å². The normalized spacial score (nSPS) is 12.7. The van der Waals surface area contributed by atoms with Gasteiger partial charge in [-0.2, -0.15) is 5.10 Å². The van der Waals surface area contributed by atoms with Gasteiger partial charge >= 0.3 is 5.97 Å². The molecule has 1 amide bonds. The molecule has 0 fully saturated rings. The highest BCUT2D eigenvalue weighted by Crippen LogP contribution is 2.35. The minimum atomic E-state index is -0.472. The lowest BCUT2D eigenvalue weighted by Crippen LogP contribution is -2.13. The first-order chi connectivity index (χ1) is 14.5. The minimum absolute atomic E-state index is 0.341. The van der Waals surface area contributed by atoms with Crippen molar-refractivity contribution in [1.29, 1.82) is 0 Å². The third kappa shape index (κ3) is 3.98. The number of nitrogens with zero attached hydrogens (tertiary/aromatic N) is 2. The zero-order valence-corrected chi connectivity index (χ0v) is 16.7. The van der Waals surface area contributed by atoms with E-state index in [2.05, 4.69) is 10.4 Å². The molecule has 1 N–H and O–H groups in total. The maximum absolute atomic E-state index is 13.0. The molecule has 8 nitrogen and oxygen atoms in total. The Labute approximate surface area is 173 Å². The van der Waals surface area contributed by atoms with Crippen LogP contribution in [0.5, 0.6) is 11.5 Å². The first-order valence-corrected chi connectivity index (χ1v) is 9.48. The van der Waals surface area contributed by atoms with Crippen LogP contribution in [-0.4, -0.2) is 42.0 Å². The first kappa shape index (κ1) is 19.5. The van der Waals surface area contributed by atoms with E-state index in [4.69, 9.17) is 14.2 Å². The van der Waals surface area contributed by atoms with Crippen molar-refractivity contribution < 1.29 is 23.8 Å². The predicted octanol–water partition coefficient (Wildman–Crippen LogP) is 3.29. The lowest BCUT2D eigenvalue weighted by Gasteiger charge is -2.10. The van der Waals surface area contributed by atoms with Crippen LogP contribution in [0.2, 0.25) is 0 Å². The number of anilines is 1. The molecule has 0 bridgehead atoms. The average Bonchev–Trinajstić information content (AvgIpc) is 3.00. The molecule has 0 unspecified atom stereocenters. The SMILES string of the molecule is COC(=O)c1cccc(NC(=O)c2cn(C)nc2-c2ccc3c(c2)OCCCO3)c1. The molecule has 154 valence electrons. The molecule has 1 aliphatic heterocycles. The summed E-state index contributed by atoms with van der Waals surface area (Å²) in [5, 5.41) is 7.28. The largest absolute Gasteiger partial charge is 0.490 e. The molecule has 1 aromatic heterocycles. The maximum atomic E-state index is 13.0. The number of carbonyl (C=O) groups excluding carboxylic acids is 2. The fourth-order valence-electron chi connectivity index (χ4n) is 3.22. The van der Waals surface area contributed by atoms with Gasteiger partial charge < -0.3 is 19.5 Å². The second kappa shape index (κ2) is 8.28. The van der Waals surface area contributed by atoms with Crippen LogP contribution < -0.4 is 14.8 Å². The van der Waals surface area contributed by atoms with Crippen LogP contribution in [0.1, 0.15) is 27.1 Å². The first-order valence-electron chi connectivity index (χ1n) is 9.48. The number of esters is 1. The molecule has 0 spiro atoms. The second-order valence-electron chi connectivity index (χ2n) is 6.80. The molecule has 0 radical (unpaired) electrons. The van der Waals surface area contributed by atoms with Gasteiger partial charge in [0.1, 0.15) is 5.69 Å². The Morgan fingerprint density at radius 3 is 2.70 bits per heavy atom. The summed E-state index contributed by atoms with van der Waals surface area (Å²) in [4.78, 5) is 24.7. The molecule has 0 saturated heterocycles. The quantitative estimate of drug-likeness (QED) is 0.668. The van der Waals surface area contributed by atoms with Gasteiger partial charge in [0, 0.05) is 30.9 Å². The van der Waals surface area contributed by atoms with Crippen LogP contribution in [0, 0.1) is 0 Å². The van der Waals surface area contributed by atoms with Gasteiger partial charge in [-0.3, -0.25) is 9.48 Å². The van der Waals surface area contributed by atoms with E-state index in [9.17, 15) is 9.59 Å². The maximum Gasteiger partial charge on any atom is 0.337 e. The summed E-state index contributed by atoms with van der Waals surface area (Å²) in [5.41, 5.74) is 2.50. The van der Waals surface area contributed by atoms with Crippen LogP contribution >= 0.6 is 0 Å². The molecule has 3 aromatic rings. The second-order valence-corrected chi connectivity index (χ2v) is 6.80. The van der Waals surface area contributed by atoms with Crippen molar-refractivity contribution in [3.05, 3.63) is 59.8 Å². The van der Waals surface area contributed by atoms with E-state index in [-0.39, 0.29) is 5.91 Å². The lowest BCUT2D eigenvalue weighted by molar-refractivity contribution is 0.0600. The van der Waals surface area contributed by atoms with Gasteiger partial charge in [-0.1, -0.05) is 6.07 Å². The minimum Gasteiger partial charge on any atom is -0.490 e. The van der Waals surface area contributed by atoms with Crippen molar-refractivity contribution in [2.24, 2.45) is 7.05 Å². The number of aromatic nitrogens is 2. The number of fused-ring (bicyclic) bond motifs is 1. The summed E-state index contributed by atoms with van der Waals surface area (Å²) < 4.78 is 17.7. The van der Waals surface area contributed by atoms with Gasteiger partial charge in [-0.25, -0.2) is 4.79 Å². The van der Waals surface area contributed by atoms with Crippen LogP contribution in [0.15, 0.2) is 48.7 Å². The smallest absolute Gasteiger partial charge is 0.337 e. The molecule has 30 heavy (non-hydrogen) atoms. The molecule has 1 aliphatic rings. The van der Waals surface area contributed by atoms with Gasteiger partial charge in [0.05, 0.1) is 31.5 Å². The highest BCUT2D eigenvalue weighted by atomic mass is 16.5. The summed E-state index contributed by atoms with van der Waals surface area (Å²) >= 11 is 0. The molecule has 8 heteroatoms. The number of hydrogen-bond donors (Lipinski definition) is 1. The Bertz CT molecular complexity index is 1110. The topological polar surface area (TPSA) is 91.7 Å². The summed E-state index contributed by atoms with van der Waals surface area (Å²) in [6.07, 6.45) is 2.46. The lowest BCUT2D eigenvalue weighted by atomic mass is 10.1. The van der Waals surface area contributed by atoms with Crippen molar-refractivity contribution in [2.45, 2.75) is 6.42 Å². The van der Waals surface area contributed by atoms with Crippen LogP contribution in [0.25, 0.3) is 11.3 Å².